The third-order valence-electron chi connectivity index (χ3n) is 1.39. The molecule has 0 fully saturated rings. The molecule has 0 N–H and O–H groups in total. The molecule has 0 unspecified atom stereocenters. The van der Waals surface area contributed by atoms with E-state index < -0.39 is 6.69 Å². The number of hydrogen-bond acceptors (Lipinski definition) is 0. The highest BCUT2D eigenvalue weighted by atomic mass is 35.7. The number of alkyl halides is 2. The largest absolute Gasteiger partial charge is 0.258 e. The van der Waals surface area contributed by atoms with Crippen molar-refractivity contribution in [1.82, 2.24) is 0 Å². The molecular formula is C5H6Cl4Si2. The minimum atomic E-state index is -1.93. The van der Waals surface area contributed by atoms with Crippen molar-refractivity contribution < 1.29 is 0 Å². The Balaban J connectivity index is 2.40. The average Bonchev–Trinajstić information content (AvgIpc) is 2.08. The van der Waals surface area contributed by atoms with E-state index >= 15 is 0 Å². The fourth-order valence-corrected chi connectivity index (χ4v) is 7.19. The molecule has 0 saturated carbocycles. The monoisotopic (exact) mass is 262 g/mol. The van der Waals surface area contributed by atoms with Crippen molar-refractivity contribution >= 4 is 61.6 Å². The first-order valence-corrected chi connectivity index (χ1v) is 9.50. The van der Waals surface area contributed by atoms with Gasteiger partial charge >= 0.3 is 0 Å². The third kappa shape index (κ3) is 3.70. The fourth-order valence-electron chi connectivity index (χ4n) is 0.946. The van der Waals surface area contributed by atoms with Gasteiger partial charge in [-0.3, -0.25) is 0 Å². The molecule has 1 rings (SSSR count). The zero-order chi connectivity index (χ0) is 8.48. The summed E-state index contributed by atoms with van der Waals surface area (Å²) < 4.78 is -0.294. The molecule has 11 heavy (non-hydrogen) atoms. The summed E-state index contributed by atoms with van der Waals surface area (Å²) in [7, 11) is 0.467. The van der Waals surface area contributed by atoms with Crippen LogP contribution in [0, 0.1) is 0 Å². The Morgan fingerprint density at radius 2 is 2.09 bits per heavy atom. The molecule has 0 atom stereocenters. The van der Waals surface area contributed by atoms with Gasteiger partial charge in [-0.25, -0.2) is 0 Å². The average molecular weight is 264 g/mol. The second kappa shape index (κ2) is 4.03. The van der Waals surface area contributed by atoms with E-state index in [0.29, 0.717) is 9.52 Å². The Morgan fingerprint density at radius 3 is 2.45 bits per heavy atom. The van der Waals surface area contributed by atoms with E-state index in [1.165, 1.54) is 5.20 Å². The standard InChI is InChI=1S/C5H6Cl4Si2/c6-5(7)10-4-1-2-11(8,9)3-4/h1,5H,2-3H2. The quantitative estimate of drug-likeness (QED) is 0.408. The van der Waals surface area contributed by atoms with Gasteiger partial charge < -0.3 is 0 Å². The second-order valence-corrected chi connectivity index (χ2v) is 13.1. The van der Waals surface area contributed by atoms with Gasteiger partial charge in [0.15, 0.2) is 0 Å². The van der Waals surface area contributed by atoms with Gasteiger partial charge in [-0.15, -0.1) is 45.4 Å². The molecule has 0 nitrogen and oxygen atoms in total. The maximum Gasteiger partial charge on any atom is 0.258 e. The van der Waals surface area contributed by atoms with Crippen molar-refractivity contribution in [1.29, 1.82) is 0 Å². The van der Waals surface area contributed by atoms with Crippen LogP contribution in [0.15, 0.2) is 11.3 Å². The molecule has 0 aromatic rings. The minimum absolute atomic E-state index is 0.294. The van der Waals surface area contributed by atoms with E-state index in [1.54, 1.807) is 0 Å². The minimum Gasteiger partial charge on any atom is -0.145 e. The topological polar surface area (TPSA) is 0 Å². The predicted octanol–water partition coefficient (Wildman–Crippen LogP) is 3.27. The van der Waals surface area contributed by atoms with Crippen molar-refractivity contribution in [3.05, 3.63) is 11.3 Å². The lowest BCUT2D eigenvalue weighted by molar-refractivity contribution is 1.62. The maximum atomic E-state index is 6.02. The van der Waals surface area contributed by atoms with Gasteiger partial charge in [-0.2, -0.15) is 0 Å². The lowest BCUT2D eigenvalue weighted by atomic mass is 10.6. The SMILES string of the molecule is ClC(Cl)[Si]C1=CC[Si](Cl)(Cl)C1. The van der Waals surface area contributed by atoms with Gasteiger partial charge in [0.05, 0.1) is 4.46 Å². The molecule has 0 bridgehead atoms. The molecule has 0 amide bonds. The summed E-state index contributed by atoms with van der Waals surface area (Å²) in [5.41, 5.74) is 0. The molecule has 2 radical (unpaired) electrons. The molecular weight excluding hydrogens is 258 g/mol. The highest BCUT2D eigenvalue weighted by Gasteiger charge is 2.33. The zero-order valence-corrected chi connectivity index (χ0v) is 10.6. The van der Waals surface area contributed by atoms with Crippen molar-refractivity contribution in [3.63, 3.8) is 0 Å². The first-order chi connectivity index (χ1) is 4.99. The number of halogens is 4. The van der Waals surface area contributed by atoms with Gasteiger partial charge in [0.25, 0.3) is 6.69 Å². The molecule has 62 valence electrons. The lowest BCUT2D eigenvalue weighted by Gasteiger charge is -2.07. The summed E-state index contributed by atoms with van der Waals surface area (Å²) >= 11 is 23.3. The second-order valence-electron chi connectivity index (χ2n) is 2.41. The van der Waals surface area contributed by atoms with Gasteiger partial charge in [0.2, 0.25) is 0 Å². The molecule has 0 saturated heterocycles. The summed E-state index contributed by atoms with van der Waals surface area (Å²) in [6.07, 6.45) is 2.09. The van der Waals surface area contributed by atoms with E-state index in [1.807, 2.05) is 0 Å². The Labute approximate surface area is 89.1 Å². The van der Waals surface area contributed by atoms with Crippen LogP contribution in [0.2, 0.25) is 12.1 Å². The Morgan fingerprint density at radius 1 is 1.45 bits per heavy atom. The van der Waals surface area contributed by atoms with Crippen LogP contribution in [0.1, 0.15) is 0 Å². The Hall–Kier alpha value is 1.33. The summed E-state index contributed by atoms with van der Waals surface area (Å²) in [6, 6.07) is 1.68. The van der Waals surface area contributed by atoms with Crippen LogP contribution in [0.4, 0.5) is 0 Å². The molecule has 0 aliphatic carbocycles. The predicted molar refractivity (Wildman–Crippen MR) is 56.4 cm³/mol. The molecule has 0 spiro atoms. The molecule has 1 heterocycles. The Kier molecular flexibility index (Phi) is 3.81. The van der Waals surface area contributed by atoms with Gasteiger partial charge in [0.1, 0.15) is 9.52 Å². The maximum absolute atomic E-state index is 6.02. The van der Waals surface area contributed by atoms with Crippen LogP contribution in [0.5, 0.6) is 0 Å². The molecule has 6 heteroatoms. The summed E-state index contributed by atoms with van der Waals surface area (Å²) in [5, 5.41) is 1.25. The lowest BCUT2D eigenvalue weighted by Crippen LogP contribution is -2.15. The normalized spacial score (nSPS) is 22.5. The van der Waals surface area contributed by atoms with E-state index in [2.05, 4.69) is 6.08 Å². The van der Waals surface area contributed by atoms with Gasteiger partial charge in [-0.1, -0.05) is 11.3 Å². The molecule has 0 aromatic heterocycles. The van der Waals surface area contributed by atoms with Crippen molar-refractivity contribution in [3.8, 4) is 0 Å². The van der Waals surface area contributed by atoms with E-state index in [4.69, 9.17) is 45.4 Å². The van der Waals surface area contributed by atoms with E-state index in [0.717, 1.165) is 12.1 Å². The molecule has 0 aromatic carbocycles. The van der Waals surface area contributed by atoms with Crippen LogP contribution in [0.25, 0.3) is 0 Å². The summed E-state index contributed by atoms with van der Waals surface area (Å²) in [4.78, 5) is 0. The van der Waals surface area contributed by atoms with Crippen LogP contribution in [-0.4, -0.2) is 20.7 Å². The van der Waals surface area contributed by atoms with Gasteiger partial charge in [-0.05, 0) is 12.1 Å². The van der Waals surface area contributed by atoms with Crippen LogP contribution >= 0.6 is 45.4 Å². The smallest absolute Gasteiger partial charge is 0.145 e. The first-order valence-electron chi connectivity index (χ1n) is 3.11. The molecule has 1 aliphatic heterocycles. The third-order valence-corrected chi connectivity index (χ3v) is 6.80. The summed E-state index contributed by atoms with van der Waals surface area (Å²) in [6.45, 7) is -1.93. The number of rotatable bonds is 2. The van der Waals surface area contributed by atoms with Crippen molar-refractivity contribution in [2.24, 2.45) is 0 Å². The first kappa shape index (κ1) is 10.4. The highest BCUT2D eigenvalue weighted by molar-refractivity contribution is 7.46. The molecule has 1 aliphatic rings. The Bertz CT molecular complexity index is 177. The van der Waals surface area contributed by atoms with E-state index in [9.17, 15) is 0 Å². The van der Waals surface area contributed by atoms with Crippen LogP contribution < -0.4 is 0 Å². The van der Waals surface area contributed by atoms with E-state index in [-0.39, 0.29) is 4.46 Å². The number of allylic oxidation sites excluding steroid dienone is 2. The zero-order valence-electron chi connectivity index (χ0n) is 5.58. The number of hydrogen-bond donors (Lipinski definition) is 0. The highest BCUT2D eigenvalue weighted by Crippen LogP contribution is 2.36. The van der Waals surface area contributed by atoms with Crippen molar-refractivity contribution in [2.45, 2.75) is 16.5 Å². The van der Waals surface area contributed by atoms with Crippen LogP contribution in [-0.2, 0) is 0 Å². The summed E-state index contributed by atoms with van der Waals surface area (Å²) in [5.74, 6) is 0. The fraction of sp³-hybridized carbons (Fsp3) is 0.600. The van der Waals surface area contributed by atoms with Crippen LogP contribution in [0.3, 0.4) is 0 Å². The van der Waals surface area contributed by atoms with Crippen molar-refractivity contribution in [2.75, 3.05) is 0 Å². The van der Waals surface area contributed by atoms with Gasteiger partial charge in [0, 0.05) is 0 Å².